The molecule has 0 N–H and O–H groups in total. The lowest BCUT2D eigenvalue weighted by Crippen LogP contribution is -2.27. The molecule has 3 rings (SSSR count). The Balaban J connectivity index is 1.71. The highest BCUT2D eigenvalue weighted by molar-refractivity contribution is 5.86. The van der Waals surface area contributed by atoms with Gasteiger partial charge in [0, 0.05) is 24.1 Å². The van der Waals surface area contributed by atoms with Crippen LogP contribution in [0.4, 0.5) is 0 Å². The van der Waals surface area contributed by atoms with Gasteiger partial charge in [-0.1, -0.05) is 0 Å². The fourth-order valence-electron chi connectivity index (χ4n) is 2.82. The fourth-order valence-corrected chi connectivity index (χ4v) is 2.82. The molecule has 1 fully saturated rings. The number of carbonyl (C=O) groups excluding carboxylic acids is 1. The number of benzene rings is 1. The predicted octanol–water partition coefficient (Wildman–Crippen LogP) is 3.38. The summed E-state index contributed by atoms with van der Waals surface area (Å²) in [5, 5.41) is 0.954. The third-order valence-electron chi connectivity index (χ3n) is 4.07. The number of nitrogens with zero attached hydrogens (tertiary/aromatic N) is 1. The van der Waals surface area contributed by atoms with Crippen molar-refractivity contribution in [1.82, 2.24) is 4.98 Å². The van der Waals surface area contributed by atoms with Gasteiger partial charge in [-0.3, -0.25) is 4.79 Å². The van der Waals surface area contributed by atoms with Crippen LogP contribution in [0.25, 0.3) is 10.9 Å². The molecule has 21 heavy (non-hydrogen) atoms. The Morgan fingerprint density at radius 3 is 2.57 bits per heavy atom. The van der Waals surface area contributed by atoms with Gasteiger partial charge < -0.3 is 9.47 Å². The van der Waals surface area contributed by atoms with Crippen LogP contribution in [0.5, 0.6) is 5.88 Å². The van der Waals surface area contributed by atoms with E-state index in [1.54, 1.807) is 13.2 Å². The van der Waals surface area contributed by atoms with Gasteiger partial charge in [-0.15, -0.1) is 0 Å². The van der Waals surface area contributed by atoms with Crippen molar-refractivity contribution in [2.24, 2.45) is 0 Å². The topological polar surface area (TPSA) is 48.4 Å². The van der Waals surface area contributed by atoms with Gasteiger partial charge in [-0.2, -0.15) is 0 Å². The second-order valence-electron chi connectivity index (χ2n) is 5.47. The first-order chi connectivity index (χ1) is 10.3. The zero-order chi connectivity index (χ0) is 14.7. The summed E-state index contributed by atoms with van der Waals surface area (Å²) in [5.74, 6) is 0.655. The maximum absolute atomic E-state index is 10.8. The van der Waals surface area contributed by atoms with E-state index in [1.165, 1.54) is 0 Å². The van der Waals surface area contributed by atoms with E-state index in [9.17, 15) is 4.79 Å². The number of hydrogen-bond acceptors (Lipinski definition) is 4. The summed E-state index contributed by atoms with van der Waals surface area (Å²) in [7, 11) is 1.77. The Labute approximate surface area is 124 Å². The van der Waals surface area contributed by atoms with E-state index >= 15 is 0 Å². The third kappa shape index (κ3) is 3.22. The van der Waals surface area contributed by atoms with Crippen molar-refractivity contribution < 1.29 is 14.3 Å². The molecule has 0 atom stereocenters. The van der Waals surface area contributed by atoms with Crippen LogP contribution in [0.3, 0.4) is 0 Å². The zero-order valence-electron chi connectivity index (χ0n) is 12.1. The van der Waals surface area contributed by atoms with Crippen LogP contribution in [-0.4, -0.2) is 30.6 Å². The molecular formula is C17H19NO3. The van der Waals surface area contributed by atoms with Crippen molar-refractivity contribution in [2.75, 3.05) is 7.11 Å². The Bertz CT molecular complexity index is 633. The molecule has 4 nitrogen and oxygen atoms in total. The summed E-state index contributed by atoms with van der Waals surface area (Å²) in [5.41, 5.74) is 1.51. The van der Waals surface area contributed by atoms with Crippen LogP contribution < -0.4 is 4.74 Å². The number of pyridine rings is 1. The van der Waals surface area contributed by atoms with Crippen LogP contribution in [0.1, 0.15) is 36.0 Å². The van der Waals surface area contributed by atoms with Crippen molar-refractivity contribution in [1.29, 1.82) is 0 Å². The molecule has 1 aliphatic carbocycles. The molecule has 0 aliphatic heterocycles. The van der Waals surface area contributed by atoms with Crippen LogP contribution in [0.15, 0.2) is 30.3 Å². The second kappa shape index (κ2) is 6.22. The maximum Gasteiger partial charge on any atom is 0.214 e. The van der Waals surface area contributed by atoms with E-state index in [2.05, 4.69) is 4.98 Å². The van der Waals surface area contributed by atoms with Crippen molar-refractivity contribution in [3.05, 3.63) is 35.9 Å². The second-order valence-corrected chi connectivity index (χ2v) is 5.47. The minimum Gasteiger partial charge on any atom is -0.474 e. The number of hydrogen-bond donors (Lipinski definition) is 0. The van der Waals surface area contributed by atoms with Crippen molar-refractivity contribution in [3.8, 4) is 5.88 Å². The number of rotatable bonds is 4. The van der Waals surface area contributed by atoms with Crippen LogP contribution in [0, 0.1) is 0 Å². The molecule has 0 spiro atoms. The van der Waals surface area contributed by atoms with E-state index < -0.39 is 0 Å². The van der Waals surface area contributed by atoms with Gasteiger partial charge in [0.1, 0.15) is 12.4 Å². The monoisotopic (exact) mass is 285 g/mol. The molecule has 0 unspecified atom stereocenters. The van der Waals surface area contributed by atoms with Crippen molar-refractivity contribution >= 4 is 17.2 Å². The molecule has 2 aromatic rings. The molecule has 1 aromatic heterocycles. The Morgan fingerprint density at radius 2 is 1.86 bits per heavy atom. The zero-order valence-corrected chi connectivity index (χ0v) is 12.1. The van der Waals surface area contributed by atoms with Crippen molar-refractivity contribution in [2.45, 2.75) is 37.9 Å². The minimum absolute atomic E-state index is 0.218. The van der Waals surface area contributed by atoms with E-state index in [4.69, 9.17) is 9.47 Å². The molecule has 0 bridgehead atoms. The van der Waals surface area contributed by atoms with Gasteiger partial charge in [0.05, 0.1) is 11.6 Å². The van der Waals surface area contributed by atoms with E-state index in [0.717, 1.165) is 42.9 Å². The lowest BCUT2D eigenvalue weighted by Gasteiger charge is -2.27. The van der Waals surface area contributed by atoms with E-state index in [1.807, 2.05) is 24.3 Å². The van der Waals surface area contributed by atoms with Gasteiger partial charge in [-0.25, -0.2) is 4.98 Å². The molecule has 0 saturated heterocycles. The largest absolute Gasteiger partial charge is 0.474 e. The number of aldehydes is 1. The highest BCUT2D eigenvalue weighted by Crippen LogP contribution is 2.25. The summed E-state index contributed by atoms with van der Waals surface area (Å²) >= 11 is 0. The third-order valence-corrected chi connectivity index (χ3v) is 4.07. The summed E-state index contributed by atoms with van der Waals surface area (Å²) < 4.78 is 11.3. The quantitative estimate of drug-likeness (QED) is 0.808. The van der Waals surface area contributed by atoms with Gasteiger partial charge in [0.15, 0.2) is 0 Å². The van der Waals surface area contributed by atoms with Gasteiger partial charge in [-0.05, 0) is 49.9 Å². The predicted molar refractivity (Wildman–Crippen MR) is 80.8 cm³/mol. The summed E-state index contributed by atoms with van der Waals surface area (Å²) in [6.45, 7) is 0. The summed E-state index contributed by atoms with van der Waals surface area (Å²) in [6.07, 6.45) is 5.52. The molecule has 1 aliphatic rings. The first kappa shape index (κ1) is 14.0. The molecule has 0 radical (unpaired) electrons. The van der Waals surface area contributed by atoms with Crippen LogP contribution >= 0.6 is 0 Å². The van der Waals surface area contributed by atoms with Gasteiger partial charge in [0.25, 0.3) is 0 Å². The number of aromatic nitrogens is 1. The van der Waals surface area contributed by atoms with Crippen LogP contribution in [0.2, 0.25) is 0 Å². The summed E-state index contributed by atoms with van der Waals surface area (Å²) in [6, 6.07) is 9.29. The smallest absolute Gasteiger partial charge is 0.214 e. The maximum atomic E-state index is 10.8. The lowest BCUT2D eigenvalue weighted by molar-refractivity contribution is 0.0315. The molecule has 4 heteroatoms. The number of ether oxygens (including phenoxy) is 2. The highest BCUT2D eigenvalue weighted by atomic mass is 16.5. The number of methoxy groups -OCH3 is 1. The van der Waals surface area contributed by atoms with Gasteiger partial charge >= 0.3 is 0 Å². The molecule has 1 saturated carbocycles. The first-order valence-corrected chi connectivity index (χ1v) is 7.34. The molecule has 110 valence electrons. The molecule has 1 heterocycles. The fraction of sp³-hybridized carbons (Fsp3) is 0.412. The standard InChI is InChI=1S/C17H19NO3/c1-20-14-4-6-15(7-5-14)21-17-9-3-13-10-12(11-19)2-8-16(13)18-17/h2-3,8-11,14-15H,4-7H2,1H3. The number of fused-ring (bicyclic) bond motifs is 1. The van der Waals surface area contributed by atoms with Gasteiger partial charge in [0.2, 0.25) is 5.88 Å². The van der Waals surface area contributed by atoms with E-state index in [0.29, 0.717) is 17.5 Å². The van der Waals surface area contributed by atoms with Crippen molar-refractivity contribution in [3.63, 3.8) is 0 Å². The highest BCUT2D eigenvalue weighted by Gasteiger charge is 2.22. The molecular weight excluding hydrogens is 266 g/mol. The normalized spacial score (nSPS) is 22.1. The molecule has 0 amide bonds. The SMILES string of the molecule is COC1CCC(Oc2ccc3cc(C=O)ccc3n2)CC1. The lowest BCUT2D eigenvalue weighted by atomic mass is 9.95. The Morgan fingerprint density at radius 1 is 1.10 bits per heavy atom. The Kier molecular flexibility index (Phi) is 4.15. The Hall–Kier alpha value is -1.94. The summed E-state index contributed by atoms with van der Waals surface area (Å²) in [4.78, 5) is 15.3. The minimum atomic E-state index is 0.218. The first-order valence-electron chi connectivity index (χ1n) is 7.34. The molecule has 1 aromatic carbocycles. The average Bonchev–Trinajstić information content (AvgIpc) is 2.55. The van der Waals surface area contributed by atoms with Crippen LogP contribution in [-0.2, 0) is 4.74 Å². The number of carbonyl (C=O) groups is 1. The average molecular weight is 285 g/mol. The van der Waals surface area contributed by atoms with E-state index in [-0.39, 0.29) is 6.10 Å².